The SMILES string of the molecule is O=C(CSc1nnnn1-c1ccccc1)Nc1cc(C2CCCC2)nn1-c1ccccc1. The van der Waals surface area contributed by atoms with E-state index >= 15 is 0 Å². The fraction of sp³-hybridized carbons (Fsp3) is 0.261. The Morgan fingerprint density at radius 3 is 2.31 bits per heavy atom. The van der Waals surface area contributed by atoms with Crippen LogP contribution in [0.3, 0.4) is 0 Å². The number of hydrogen-bond donors (Lipinski definition) is 1. The lowest BCUT2D eigenvalue weighted by molar-refractivity contribution is -0.113. The second kappa shape index (κ2) is 9.35. The van der Waals surface area contributed by atoms with E-state index in [1.807, 2.05) is 71.4 Å². The van der Waals surface area contributed by atoms with Crippen molar-refractivity contribution >= 4 is 23.5 Å². The predicted molar refractivity (Wildman–Crippen MR) is 123 cm³/mol. The summed E-state index contributed by atoms with van der Waals surface area (Å²) in [5.74, 6) is 1.20. The molecule has 8 nitrogen and oxygen atoms in total. The number of rotatable bonds is 7. The number of benzene rings is 2. The van der Waals surface area contributed by atoms with Crippen LogP contribution in [0.1, 0.15) is 37.3 Å². The molecule has 0 aliphatic heterocycles. The molecule has 1 aliphatic carbocycles. The van der Waals surface area contributed by atoms with Crippen molar-refractivity contribution < 1.29 is 4.79 Å². The Hall–Kier alpha value is -3.46. The summed E-state index contributed by atoms with van der Waals surface area (Å²) in [4.78, 5) is 12.8. The van der Waals surface area contributed by atoms with Crippen LogP contribution in [0.4, 0.5) is 5.82 Å². The molecule has 0 spiro atoms. The van der Waals surface area contributed by atoms with Crippen molar-refractivity contribution in [2.24, 2.45) is 0 Å². The Kier molecular flexibility index (Phi) is 5.98. The first kappa shape index (κ1) is 20.4. The van der Waals surface area contributed by atoms with Gasteiger partial charge in [-0.15, -0.1) is 5.10 Å². The maximum Gasteiger partial charge on any atom is 0.236 e. The number of anilines is 1. The van der Waals surface area contributed by atoms with E-state index in [0.29, 0.717) is 16.9 Å². The second-order valence-corrected chi connectivity index (χ2v) is 8.67. The van der Waals surface area contributed by atoms with E-state index in [2.05, 4.69) is 20.8 Å². The number of nitrogens with zero attached hydrogens (tertiary/aromatic N) is 6. The quantitative estimate of drug-likeness (QED) is 0.428. The average Bonchev–Trinajstić information content (AvgIpc) is 3.59. The molecule has 4 aromatic rings. The molecule has 2 aromatic carbocycles. The van der Waals surface area contributed by atoms with Gasteiger partial charge >= 0.3 is 0 Å². The van der Waals surface area contributed by atoms with E-state index in [9.17, 15) is 4.79 Å². The molecule has 1 aliphatic rings. The van der Waals surface area contributed by atoms with Gasteiger partial charge in [0.2, 0.25) is 11.1 Å². The Bertz CT molecular complexity index is 1180. The molecule has 0 radical (unpaired) electrons. The predicted octanol–water partition coefficient (Wildman–Crippen LogP) is 4.24. The van der Waals surface area contributed by atoms with Crippen LogP contribution >= 0.6 is 11.8 Å². The Morgan fingerprint density at radius 1 is 0.969 bits per heavy atom. The zero-order valence-electron chi connectivity index (χ0n) is 17.5. The third-order valence-corrected chi connectivity index (χ3v) is 6.46. The van der Waals surface area contributed by atoms with E-state index in [1.54, 1.807) is 4.68 Å². The van der Waals surface area contributed by atoms with Crippen LogP contribution in [0.15, 0.2) is 71.9 Å². The number of tetrazole rings is 1. The van der Waals surface area contributed by atoms with Gasteiger partial charge in [0.25, 0.3) is 0 Å². The first-order chi connectivity index (χ1) is 15.8. The number of carbonyl (C=O) groups excluding carboxylic acids is 1. The highest BCUT2D eigenvalue weighted by Crippen LogP contribution is 2.35. The molecule has 1 N–H and O–H groups in total. The summed E-state index contributed by atoms with van der Waals surface area (Å²) in [5, 5.41) is 20.3. The highest BCUT2D eigenvalue weighted by molar-refractivity contribution is 7.99. The molecule has 1 fully saturated rings. The topological polar surface area (TPSA) is 90.5 Å². The Balaban J connectivity index is 1.32. The number of aromatic nitrogens is 6. The number of thioether (sulfide) groups is 1. The smallest absolute Gasteiger partial charge is 0.236 e. The standard InChI is InChI=1S/C23H23N7OS/c31-22(16-32-23-25-27-28-30(23)19-13-5-2-6-14-19)24-21-15-20(17-9-7-8-10-17)26-29(21)18-11-3-1-4-12-18/h1-6,11-15,17H,7-10,16H2,(H,24,31). The van der Waals surface area contributed by atoms with Crippen molar-refractivity contribution in [2.75, 3.05) is 11.1 Å². The molecule has 32 heavy (non-hydrogen) atoms. The molecular formula is C23H23N7OS. The highest BCUT2D eigenvalue weighted by Gasteiger charge is 2.22. The molecule has 9 heteroatoms. The van der Waals surface area contributed by atoms with Crippen molar-refractivity contribution in [3.8, 4) is 11.4 Å². The lowest BCUT2D eigenvalue weighted by Gasteiger charge is -2.09. The number of hydrogen-bond acceptors (Lipinski definition) is 6. The minimum absolute atomic E-state index is 0.132. The van der Waals surface area contributed by atoms with Crippen molar-refractivity contribution in [3.05, 3.63) is 72.4 Å². The lowest BCUT2D eigenvalue weighted by Crippen LogP contribution is -2.17. The molecule has 0 saturated heterocycles. The fourth-order valence-electron chi connectivity index (χ4n) is 3.98. The van der Waals surface area contributed by atoms with Gasteiger partial charge < -0.3 is 5.32 Å². The second-order valence-electron chi connectivity index (χ2n) is 7.73. The van der Waals surface area contributed by atoms with Crippen LogP contribution in [-0.2, 0) is 4.79 Å². The van der Waals surface area contributed by atoms with Crippen molar-refractivity contribution in [3.63, 3.8) is 0 Å². The lowest BCUT2D eigenvalue weighted by atomic mass is 10.0. The van der Waals surface area contributed by atoms with Crippen molar-refractivity contribution in [1.82, 2.24) is 30.0 Å². The molecule has 5 rings (SSSR count). The summed E-state index contributed by atoms with van der Waals surface area (Å²) in [7, 11) is 0. The van der Waals surface area contributed by atoms with Crippen LogP contribution in [0.25, 0.3) is 11.4 Å². The van der Waals surface area contributed by atoms with Crippen LogP contribution in [0, 0.1) is 0 Å². The van der Waals surface area contributed by atoms with E-state index in [0.717, 1.165) is 29.9 Å². The summed E-state index contributed by atoms with van der Waals surface area (Å²) in [5.41, 5.74) is 2.82. The van der Waals surface area contributed by atoms with Crippen LogP contribution in [0.2, 0.25) is 0 Å². The van der Waals surface area contributed by atoms with Crippen LogP contribution in [0.5, 0.6) is 0 Å². The maximum atomic E-state index is 12.8. The van der Waals surface area contributed by atoms with Crippen LogP contribution < -0.4 is 5.32 Å². The number of para-hydroxylation sites is 2. The summed E-state index contributed by atoms with van der Waals surface area (Å²) < 4.78 is 3.45. The van der Waals surface area contributed by atoms with Crippen LogP contribution in [-0.4, -0.2) is 41.6 Å². The van der Waals surface area contributed by atoms with E-state index < -0.39 is 0 Å². The monoisotopic (exact) mass is 445 g/mol. The third-order valence-electron chi connectivity index (χ3n) is 5.54. The van der Waals surface area contributed by atoms with Gasteiger partial charge in [0.1, 0.15) is 5.82 Å². The van der Waals surface area contributed by atoms with Gasteiger partial charge in [-0.05, 0) is 47.5 Å². The molecule has 1 amide bonds. The largest absolute Gasteiger partial charge is 0.310 e. The van der Waals surface area contributed by atoms with E-state index in [1.165, 1.54) is 24.6 Å². The molecule has 0 atom stereocenters. The first-order valence-electron chi connectivity index (χ1n) is 10.7. The summed E-state index contributed by atoms with van der Waals surface area (Å²) in [6.07, 6.45) is 4.77. The Labute approximate surface area is 190 Å². The van der Waals surface area contributed by atoms with Crippen molar-refractivity contribution in [1.29, 1.82) is 0 Å². The molecule has 0 bridgehead atoms. The maximum absolute atomic E-state index is 12.8. The zero-order chi connectivity index (χ0) is 21.8. The van der Waals surface area contributed by atoms with Gasteiger partial charge in [0, 0.05) is 12.0 Å². The summed E-state index contributed by atoms with van der Waals surface area (Å²) in [6, 6.07) is 21.5. The van der Waals surface area contributed by atoms with E-state index in [-0.39, 0.29) is 11.7 Å². The highest BCUT2D eigenvalue weighted by atomic mass is 32.2. The molecular weight excluding hydrogens is 422 g/mol. The normalized spacial score (nSPS) is 14.0. The van der Waals surface area contributed by atoms with Gasteiger partial charge in [-0.3, -0.25) is 4.79 Å². The Morgan fingerprint density at radius 2 is 1.62 bits per heavy atom. The fourth-order valence-corrected chi connectivity index (χ4v) is 4.68. The van der Waals surface area contributed by atoms with Crippen molar-refractivity contribution in [2.45, 2.75) is 36.8 Å². The first-order valence-corrected chi connectivity index (χ1v) is 11.7. The minimum atomic E-state index is -0.132. The average molecular weight is 446 g/mol. The zero-order valence-corrected chi connectivity index (χ0v) is 18.3. The van der Waals surface area contributed by atoms with Gasteiger partial charge in [0.05, 0.1) is 22.8 Å². The van der Waals surface area contributed by atoms with Gasteiger partial charge in [-0.1, -0.05) is 61.0 Å². The number of amides is 1. The summed E-state index contributed by atoms with van der Waals surface area (Å²) >= 11 is 1.29. The van der Waals surface area contributed by atoms with Gasteiger partial charge in [-0.2, -0.15) is 9.78 Å². The van der Waals surface area contributed by atoms with Gasteiger partial charge in [-0.25, -0.2) is 4.68 Å². The molecule has 162 valence electrons. The van der Waals surface area contributed by atoms with Gasteiger partial charge in [0.15, 0.2) is 0 Å². The molecule has 1 saturated carbocycles. The third kappa shape index (κ3) is 4.43. The molecule has 2 heterocycles. The minimum Gasteiger partial charge on any atom is -0.310 e. The van der Waals surface area contributed by atoms with E-state index in [4.69, 9.17) is 5.10 Å². The number of carbonyl (C=O) groups is 1. The molecule has 0 unspecified atom stereocenters. The summed E-state index contributed by atoms with van der Waals surface area (Å²) in [6.45, 7) is 0. The number of nitrogens with one attached hydrogen (secondary N) is 1. The molecule has 2 aromatic heterocycles.